The van der Waals surface area contributed by atoms with Gasteiger partial charge in [-0.05, 0) is 18.2 Å². The number of methoxy groups -OCH3 is 1. The molecule has 1 N–H and O–H groups in total. The van der Waals surface area contributed by atoms with E-state index in [9.17, 15) is 18.0 Å². The summed E-state index contributed by atoms with van der Waals surface area (Å²) in [6.45, 7) is -0.665. The highest BCUT2D eigenvalue weighted by molar-refractivity contribution is 6.46. The van der Waals surface area contributed by atoms with E-state index in [0.717, 1.165) is 6.07 Å². The Bertz CT molecular complexity index is 1020. The minimum absolute atomic E-state index is 0.0746. The highest BCUT2D eigenvalue weighted by Gasteiger charge is 2.22. The molecular weight excluding hydrogens is 439 g/mol. The van der Waals surface area contributed by atoms with Gasteiger partial charge in [0, 0.05) is 30.3 Å². The van der Waals surface area contributed by atoms with Gasteiger partial charge in [-0.15, -0.1) is 0 Å². The fraction of sp³-hybridized carbons (Fsp3) is 0.250. The molecule has 0 heterocycles. The lowest BCUT2D eigenvalue weighted by molar-refractivity contribution is -0.114. The second-order valence-corrected chi connectivity index (χ2v) is 6.34. The number of halogens is 4. The van der Waals surface area contributed by atoms with Crippen LogP contribution >= 0.6 is 11.6 Å². The second-order valence-electron chi connectivity index (χ2n) is 5.93. The van der Waals surface area contributed by atoms with Gasteiger partial charge in [0.1, 0.15) is 25.2 Å². The summed E-state index contributed by atoms with van der Waals surface area (Å²) in [5.74, 6) is -4.25. The number of carbonyl (C=O) groups is 1. The molecule has 0 radical (unpaired) electrons. The Labute approximate surface area is 181 Å². The van der Waals surface area contributed by atoms with Gasteiger partial charge in [0.2, 0.25) is 0 Å². The van der Waals surface area contributed by atoms with Crippen LogP contribution in [-0.2, 0) is 25.8 Å². The van der Waals surface area contributed by atoms with Crippen molar-refractivity contribution in [3.05, 3.63) is 69.5 Å². The molecule has 2 aromatic carbocycles. The van der Waals surface area contributed by atoms with E-state index in [2.05, 4.69) is 15.6 Å². The van der Waals surface area contributed by atoms with Crippen LogP contribution in [0.2, 0.25) is 5.02 Å². The van der Waals surface area contributed by atoms with E-state index in [0.29, 0.717) is 17.2 Å². The molecule has 0 aliphatic rings. The monoisotopic (exact) mass is 457 g/mol. The van der Waals surface area contributed by atoms with Gasteiger partial charge in [-0.3, -0.25) is 4.79 Å². The van der Waals surface area contributed by atoms with Crippen molar-refractivity contribution in [3.63, 3.8) is 0 Å². The topological polar surface area (TPSA) is 81.5 Å². The Kier molecular flexibility index (Phi) is 8.83. The van der Waals surface area contributed by atoms with Gasteiger partial charge in [0.25, 0.3) is 5.91 Å². The molecule has 0 atom stereocenters. The number of rotatable bonds is 9. The zero-order valence-electron chi connectivity index (χ0n) is 16.8. The maximum absolute atomic E-state index is 14.1. The Morgan fingerprint density at radius 2 is 1.81 bits per heavy atom. The zero-order valence-corrected chi connectivity index (χ0v) is 17.6. The van der Waals surface area contributed by atoms with Crippen molar-refractivity contribution < 1.29 is 32.4 Å². The molecule has 0 spiro atoms. The zero-order chi connectivity index (χ0) is 23.0. The molecule has 0 bridgehead atoms. The van der Waals surface area contributed by atoms with Crippen molar-refractivity contribution in [3.8, 4) is 0 Å². The van der Waals surface area contributed by atoms with E-state index in [1.165, 1.54) is 21.3 Å². The number of oxime groups is 2. The largest absolute Gasteiger partial charge is 0.398 e. The van der Waals surface area contributed by atoms with Crippen LogP contribution in [0.1, 0.15) is 16.7 Å². The van der Waals surface area contributed by atoms with Crippen LogP contribution in [0, 0.1) is 17.5 Å². The summed E-state index contributed by atoms with van der Waals surface area (Å²) in [5, 5.41) is 10.1. The number of hydrogen-bond donors (Lipinski definition) is 1. The molecule has 7 nitrogen and oxygen atoms in total. The number of ether oxygens (including phenoxy) is 1. The van der Waals surface area contributed by atoms with E-state index in [-0.39, 0.29) is 29.7 Å². The minimum atomic E-state index is -1.42. The van der Waals surface area contributed by atoms with E-state index < -0.39 is 28.9 Å². The highest BCUT2D eigenvalue weighted by atomic mass is 35.5. The molecule has 0 saturated carbocycles. The molecule has 2 rings (SSSR count). The van der Waals surface area contributed by atoms with Crippen LogP contribution in [0.25, 0.3) is 0 Å². The lowest BCUT2D eigenvalue weighted by Gasteiger charge is -2.13. The number of nitrogens with one attached hydrogen (secondary N) is 1. The normalized spacial score (nSPS) is 12.0. The predicted octanol–water partition coefficient (Wildman–Crippen LogP) is 3.42. The summed E-state index contributed by atoms with van der Waals surface area (Å²) >= 11 is 6.24. The smallest absolute Gasteiger partial charge is 0.273 e. The van der Waals surface area contributed by atoms with E-state index in [1.807, 2.05) is 0 Å². The Hall–Kier alpha value is -3.11. The quantitative estimate of drug-likeness (QED) is 0.355. The van der Waals surface area contributed by atoms with Gasteiger partial charge in [-0.2, -0.15) is 0 Å². The van der Waals surface area contributed by atoms with Crippen molar-refractivity contribution in [1.29, 1.82) is 0 Å². The van der Waals surface area contributed by atoms with Crippen LogP contribution in [-0.4, -0.2) is 45.2 Å². The fourth-order valence-corrected chi connectivity index (χ4v) is 2.83. The van der Waals surface area contributed by atoms with Gasteiger partial charge >= 0.3 is 0 Å². The highest BCUT2D eigenvalue weighted by Crippen LogP contribution is 2.23. The number of nitrogens with zero attached hydrogens (tertiary/aromatic N) is 2. The van der Waals surface area contributed by atoms with Crippen LogP contribution in [0.4, 0.5) is 13.2 Å². The number of benzene rings is 2. The van der Waals surface area contributed by atoms with Gasteiger partial charge in [-0.25, -0.2) is 13.2 Å². The Morgan fingerprint density at radius 3 is 2.45 bits per heavy atom. The molecule has 1 amide bonds. The average Bonchev–Trinajstić information content (AvgIpc) is 2.75. The lowest BCUT2D eigenvalue weighted by Crippen LogP contribution is -2.29. The van der Waals surface area contributed by atoms with Crippen LogP contribution in [0.5, 0.6) is 0 Å². The molecular formula is C20H19ClF3N3O4. The first-order valence-corrected chi connectivity index (χ1v) is 9.16. The molecule has 0 fully saturated rings. The summed E-state index contributed by atoms with van der Waals surface area (Å²) in [7, 11) is 3.96. The third kappa shape index (κ3) is 5.74. The Balaban J connectivity index is 2.42. The first-order valence-electron chi connectivity index (χ1n) is 8.78. The van der Waals surface area contributed by atoms with Gasteiger partial charge in [-0.1, -0.05) is 34.0 Å². The SMILES string of the molecule is CNC(=O)/C(=N/OC)c1cccc(Cl)c1CO/N=C(\COC)c1c(F)ccc(F)c1F. The fourth-order valence-electron chi connectivity index (χ4n) is 2.60. The van der Waals surface area contributed by atoms with Crippen molar-refractivity contribution in [2.24, 2.45) is 10.3 Å². The molecule has 166 valence electrons. The van der Waals surface area contributed by atoms with Crippen LogP contribution < -0.4 is 5.32 Å². The maximum atomic E-state index is 14.1. The van der Waals surface area contributed by atoms with Gasteiger partial charge in [0.05, 0.1) is 12.2 Å². The van der Waals surface area contributed by atoms with E-state index in [1.54, 1.807) is 18.2 Å². The number of likely N-dealkylation sites (N-methyl/N-ethyl adjacent to an activating group) is 1. The molecule has 11 heteroatoms. The molecule has 0 aromatic heterocycles. The summed E-state index contributed by atoms with van der Waals surface area (Å²) in [6, 6.07) is 6.12. The lowest BCUT2D eigenvalue weighted by atomic mass is 10.0. The third-order valence-corrected chi connectivity index (χ3v) is 4.35. The molecule has 0 unspecified atom stereocenters. The van der Waals surface area contributed by atoms with Crippen molar-refractivity contribution >= 4 is 28.9 Å². The average molecular weight is 458 g/mol. The first-order chi connectivity index (χ1) is 14.8. The standard InChI is InChI=1S/C20H19ClF3N3O4/c1-25-20(28)19(27-30-3)11-5-4-6-13(21)12(11)9-31-26-16(10-29-2)17-14(22)7-8-15(23)18(17)24/h4-8H,9-10H2,1-3H3,(H,25,28)/b26-16+,27-19+. The minimum Gasteiger partial charge on any atom is -0.398 e. The number of amides is 1. The van der Waals surface area contributed by atoms with Gasteiger partial charge < -0.3 is 19.7 Å². The molecule has 0 aliphatic carbocycles. The third-order valence-electron chi connectivity index (χ3n) is 4.00. The maximum Gasteiger partial charge on any atom is 0.273 e. The molecule has 31 heavy (non-hydrogen) atoms. The number of carbonyl (C=O) groups excluding carboxylic acids is 1. The van der Waals surface area contributed by atoms with Crippen LogP contribution in [0.3, 0.4) is 0 Å². The van der Waals surface area contributed by atoms with Crippen LogP contribution in [0.15, 0.2) is 40.6 Å². The van der Waals surface area contributed by atoms with Crippen molar-refractivity contribution in [2.75, 3.05) is 27.9 Å². The van der Waals surface area contributed by atoms with E-state index >= 15 is 0 Å². The van der Waals surface area contributed by atoms with Crippen molar-refractivity contribution in [2.45, 2.75) is 6.61 Å². The molecule has 0 saturated heterocycles. The number of hydrogen-bond acceptors (Lipinski definition) is 6. The van der Waals surface area contributed by atoms with E-state index in [4.69, 9.17) is 26.0 Å². The summed E-state index contributed by atoms with van der Waals surface area (Å²) < 4.78 is 46.7. The summed E-state index contributed by atoms with van der Waals surface area (Å²) in [4.78, 5) is 22.1. The molecule has 2 aromatic rings. The summed E-state index contributed by atoms with van der Waals surface area (Å²) in [5.41, 5.74) is -0.505. The van der Waals surface area contributed by atoms with Gasteiger partial charge in [0.15, 0.2) is 17.3 Å². The molecule has 0 aliphatic heterocycles. The Morgan fingerprint density at radius 1 is 1.10 bits per heavy atom. The second kappa shape index (κ2) is 11.3. The summed E-state index contributed by atoms with van der Waals surface area (Å²) in [6.07, 6.45) is 0. The predicted molar refractivity (Wildman–Crippen MR) is 109 cm³/mol. The van der Waals surface area contributed by atoms with Crippen molar-refractivity contribution in [1.82, 2.24) is 5.32 Å². The first kappa shape index (κ1) is 24.2.